The van der Waals surface area contributed by atoms with Gasteiger partial charge in [0.05, 0.1) is 0 Å². The van der Waals surface area contributed by atoms with E-state index < -0.39 is 18.6 Å². The molecule has 0 saturated carbocycles. The first kappa shape index (κ1) is 15.3. The largest absolute Gasteiger partial charge is 0.406 e. The van der Waals surface area contributed by atoms with Crippen molar-refractivity contribution < 1.29 is 18.0 Å². The smallest absolute Gasteiger partial charge is 0.382 e. The van der Waals surface area contributed by atoms with Crippen LogP contribution in [0, 0.1) is 0 Å². The SMILES string of the molecule is CCCCN(CC(F)(F)F)C(=O)Cn1ccc(N)n1. The summed E-state index contributed by atoms with van der Waals surface area (Å²) in [6.07, 6.45) is -1.69. The molecular formula is C11H17F3N4O. The summed E-state index contributed by atoms with van der Waals surface area (Å²) in [5.74, 6) is -0.391. The molecule has 0 aliphatic carbocycles. The van der Waals surface area contributed by atoms with Crippen LogP contribution >= 0.6 is 0 Å². The lowest BCUT2D eigenvalue weighted by Crippen LogP contribution is -2.41. The van der Waals surface area contributed by atoms with Gasteiger partial charge in [0, 0.05) is 12.7 Å². The number of carbonyl (C=O) groups excluding carboxylic acids is 1. The first-order valence-electron chi connectivity index (χ1n) is 5.95. The van der Waals surface area contributed by atoms with E-state index in [0.29, 0.717) is 6.42 Å². The van der Waals surface area contributed by atoms with Crippen LogP contribution in [-0.2, 0) is 11.3 Å². The average molecular weight is 278 g/mol. The van der Waals surface area contributed by atoms with Crippen LogP contribution in [0.5, 0.6) is 0 Å². The summed E-state index contributed by atoms with van der Waals surface area (Å²) in [4.78, 5) is 12.6. The third-order valence-corrected chi connectivity index (χ3v) is 2.46. The van der Waals surface area contributed by atoms with Crippen LogP contribution in [0.2, 0.25) is 0 Å². The molecule has 0 fully saturated rings. The summed E-state index contributed by atoms with van der Waals surface area (Å²) in [7, 11) is 0. The Morgan fingerprint density at radius 1 is 1.53 bits per heavy atom. The lowest BCUT2D eigenvalue weighted by molar-refractivity contribution is -0.161. The minimum absolute atomic E-state index is 0.0889. The van der Waals surface area contributed by atoms with Gasteiger partial charge in [-0.05, 0) is 12.5 Å². The van der Waals surface area contributed by atoms with Crippen molar-refractivity contribution in [3.63, 3.8) is 0 Å². The number of amides is 1. The zero-order valence-corrected chi connectivity index (χ0v) is 10.7. The zero-order valence-electron chi connectivity index (χ0n) is 10.7. The molecule has 0 aliphatic rings. The Balaban J connectivity index is 2.65. The van der Waals surface area contributed by atoms with E-state index in [4.69, 9.17) is 5.73 Å². The van der Waals surface area contributed by atoms with Gasteiger partial charge < -0.3 is 10.6 Å². The van der Waals surface area contributed by atoms with Crippen LogP contribution in [-0.4, -0.2) is 39.9 Å². The van der Waals surface area contributed by atoms with Gasteiger partial charge in [-0.25, -0.2) is 0 Å². The predicted octanol–water partition coefficient (Wildman–Crippen LogP) is 1.66. The summed E-state index contributed by atoms with van der Waals surface area (Å²) in [5.41, 5.74) is 5.38. The summed E-state index contributed by atoms with van der Waals surface area (Å²) in [5, 5.41) is 3.78. The maximum atomic E-state index is 12.4. The Morgan fingerprint density at radius 2 is 2.21 bits per heavy atom. The van der Waals surface area contributed by atoms with Crippen molar-refractivity contribution in [3.8, 4) is 0 Å². The Morgan fingerprint density at radius 3 is 2.68 bits per heavy atom. The molecule has 1 aromatic heterocycles. The number of nitrogens with zero attached hydrogens (tertiary/aromatic N) is 3. The molecule has 8 heteroatoms. The number of rotatable bonds is 6. The van der Waals surface area contributed by atoms with Gasteiger partial charge in [-0.3, -0.25) is 9.48 Å². The van der Waals surface area contributed by atoms with Crippen molar-refractivity contribution >= 4 is 11.7 Å². The van der Waals surface area contributed by atoms with Crippen LogP contribution in [0.4, 0.5) is 19.0 Å². The lowest BCUT2D eigenvalue weighted by Gasteiger charge is -2.23. The van der Waals surface area contributed by atoms with Crippen LogP contribution < -0.4 is 5.73 Å². The van der Waals surface area contributed by atoms with E-state index in [1.807, 2.05) is 6.92 Å². The third-order valence-electron chi connectivity index (χ3n) is 2.46. The van der Waals surface area contributed by atoms with Crippen LogP contribution in [0.1, 0.15) is 19.8 Å². The second-order valence-electron chi connectivity index (χ2n) is 4.22. The highest BCUT2D eigenvalue weighted by Crippen LogP contribution is 2.17. The number of carbonyl (C=O) groups is 1. The first-order chi connectivity index (χ1) is 8.81. The third kappa shape index (κ3) is 5.62. The lowest BCUT2D eigenvalue weighted by atomic mass is 10.3. The van der Waals surface area contributed by atoms with Gasteiger partial charge in [0.1, 0.15) is 18.9 Å². The second kappa shape index (κ2) is 6.44. The fourth-order valence-corrected chi connectivity index (χ4v) is 1.56. The molecule has 1 aromatic rings. The Kier molecular flexibility index (Phi) is 5.20. The number of nitrogens with two attached hydrogens (primary N) is 1. The maximum absolute atomic E-state index is 12.4. The van der Waals surface area contributed by atoms with E-state index in [-0.39, 0.29) is 18.9 Å². The van der Waals surface area contributed by atoms with Gasteiger partial charge in [0.2, 0.25) is 5.91 Å². The fraction of sp³-hybridized carbons (Fsp3) is 0.636. The molecule has 0 atom stereocenters. The molecule has 2 N–H and O–H groups in total. The van der Waals surface area contributed by atoms with E-state index >= 15 is 0 Å². The molecule has 5 nitrogen and oxygen atoms in total. The van der Waals surface area contributed by atoms with Crippen molar-refractivity contribution in [2.75, 3.05) is 18.8 Å². The summed E-state index contributed by atoms with van der Waals surface area (Å²) in [6.45, 7) is 0.468. The van der Waals surface area contributed by atoms with Crippen LogP contribution in [0.3, 0.4) is 0 Å². The minimum Gasteiger partial charge on any atom is -0.382 e. The number of anilines is 1. The molecule has 0 aliphatic heterocycles. The molecule has 0 radical (unpaired) electrons. The highest BCUT2D eigenvalue weighted by atomic mass is 19.4. The molecule has 108 valence electrons. The van der Waals surface area contributed by atoms with E-state index in [2.05, 4.69) is 5.10 Å². The Bertz CT molecular complexity index is 416. The average Bonchev–Trinajstić information content (AvgIpc) is 2.68. The number of halogens is 3. The van der Waals surface area contributed by atoms with Gasteiger partial charge in [0.15, 0.2) is 0 Å². The molecule has 0 unspecified atom stereocenters. The van der Waals surface area contributed by atoms with E-state index in [1.165, 1.54) is 16.9 Å². The van der Waals surface area contributed by atoms with Crippen LogP contribution in [0.15, 0.2) is 12.3 Å². The molecule has 1 amide bonds. The zero-order chi connectivity index (χ0) is 14.5. The highest BCUT2D eigenvalue weighted by molar-refractivity contribution is 5.76. The van der Waals surface area contributed by atoms with E-state index in [0.717, 1.165) is 11.3 Å². The van der Waals surface area contributed by atoms with Crippen molar-refractivity contribution in [1.82, 2.24) is 14.7 Å². The molecule has 0 saturated heterocycles. The maximum Gasteiger partial charge on any atom is 0.406 e. The van der Waals surface area contributed by atoms with Gasteiger partial charge in [-0.2, -0.15) is 18.3 Å². The van der Waals surface area contributed by atoms with Crippen LogP contribution in [0.25, 0.3) is 0 Å². The van der Waals surface area contributed by atoms with E-state index in [1.54, 1.807) is 0 Å². The molecule has 1 rings (SSSR count). The number of aromatic nitrogens is 2. The Labute approximate surface area is 109 Å². The standard InChI is InChI=1S/C11H17F3N4O/c1-2-3-5-17(8-11(12,13)14)10(19)7-18-6-4-9(15)16-18/h4,6H,2-3,5,7-8H2,1H3,(H2,15,16). The molecular weight excluding hydrogens is 261 g/mol. The minimum atomic E-state index is -4.40. The van der Waals surface area contributed by atoms with Crippen molar-refractivity contribution in [1.29, 1.82) is 0 Å². The van der Waals surface area contributed by atoms with Gasteiger partial charge in [0.25, 0.3) is 0 Å². The summed E-state index contributed by atoms with van der Waals surface area (Å²) >= 11 is 0. The molecule has 0 aromatic carbocycles. The van der Waals surface area contributed by atoms with Crippen molar-refractivity contribution in [3.05, 3.63) is 12.3 Å². The fourth-order valence-electron chi connectivity index (χ4n) is 1.56. The molecule has 0 bridgehead atoms. The normalized spacial score (nSPS) is 11.6. The molecule has 1 heterocycles. The molecule has 0 spiro atoms. The summed E-state index contributed by atoms with van der Waals surface area (Å²) in [6, 6.07) is 1.48. The summed E-state index contributed by atoms with van der Waals surface area (Å²) < 4.78 is 38.4. The van der Waals surface area contributed by atoms with Crippen molar-refractivity contribution in [2.45, 2.75) is 32.5 Å². The number of hydrogen-bond donors (Lipinski definition) is 1. The quantitative estimate of drug-likeness (QED) is 0.860. The molecule has 19 heavy (non-hydrogen) atoms. The Hall–Kier alpha value is -1.73. The van der Waals surface area contributed by atoms with Gasteiger partial charge in [-0.15, -0.1) is 0 Å². The number of alkyl halides is 3. The van der Waals surface area contributed by atoms with Gasteiger partial charge >= 0.3 is 6.18 Å². The highest BCUT2D eigenvalue weighted by Gasteiger charge is 2.32. The second-order valence-corrected chi connectivity index (χ2v) is 4.22. The van der Waals surface area contributed by atoms with Gasteiger partial charge in [-0.1, -0.05) is 13.3 Å². The first-order valence-corrected chi connectivity index (χ1v) is 5.95. The number of nitrogen functional groups attached to an aromatic ring is 1. The topological polar surface area (TPSA) is 64.2 Å². The monoisotopic (exact) mass is 278 g/mol. The van der Waals surface area contributed by atoms with E-state index in [9.17, 15) is 18.0 Å². The predicted molar refractivity (Wildman–Crippen MR) is 64.2 cm³/mol. The number of unbranched alkanes of at least 4 members (excludes halogenated alkanes) is 1. The number of hydrogen-bond acceptors (Lipinski definition) is 3. The van der Waals surface area contributed by atoms with Crippen molar-refractivity contribution in [2.24, 2.45) is 0 Å².